The van der Waals surface area contributed by atoms with E-state index in [1.807, 2.05) is 43.5 Å². The van der Waals surface area contributed by atoms with E-state index in [1.165, 1.54) is 0 Å². The molecule has 5 nitrogen and oxygen atoms in total. The normalized spacial score (nSPS) is 12.1. The average Bonchev–Trinajstić information content (AvgIpc) is 3.19. The summed E-state index contributed by atoms with van der Waals surface area (Å²) in [5.74, 6) is 0.335. The van der Waals surface area contributed by atoms with Crippen LogP contribution in [0.3, 0.4) is 0 Å². The maximum Gasteiger partial charge on any atom is 0.416 e. The lowest BCUT2D eigenvalue weighted by atomic mass is 10.1. The monoisotopic (exact) mass is 447 g/mol. The maximum absolute atomic E-state index is 13.3. The van der Waals surface area contributed by atoms with Gasteiger partial charge >= 0.3 is 6.18 Å². The summed E-state index contributed by atoms with van der Waals surface area (Å²) in [7, 11) is 0. The number of imidazole rings is 1. The number of hydrogen-bond acceptors (Lipinski definition) is 2. The van der Waals surface area contributed by atoms with Crippen molar-refractivity contribution in [3.8, 4) is 0 Å². The summed E-state index contributed by atoms with van der Waals surface area (Å²) in [5, 5.41) is 6.13. The van der Waals surface area contributed by atoms with E-state index in [1.54, 1.807) is 6.20 Å². The van der Waals surface area contributed by atoms with E-state index in [0.29, 0.717) is 38.1 Å². The van der Waals surface area contributed by atoms with Gasteiger partial charge < -0.3 is 15.2 Å². The molecule has 32 heavy (non-hydrogen) atoms. The zero-order chi connectivity index (χ0) is 23.0. The summed E-state index contributed by atoms with van der Waals surface area (Å²) in [6, 6.07) is 12.6. The third-order valence-corrected chi connectivity index (χ3v) is 4.77. The van der Waals surface area contributed by atoms with Gasteiger partial charge in [0.15, 0.2) is 5.96 Å². The van der Waals surface area contributed by atoms with Crippen molar-refractivity contribution in [3.05, 3.63) is 89.3 Å². The maximum atomic E-state index is 13.3. The molecule has 0 aliphatic heterocycles. The van der Waals surface area contributed by atoms with Gasteiger partial charge in [-0.05, 0) is 30.2 Å². The number of aromatic nitrogens is 2. The first-order valence-electron chi connectivity index (χ1n) is 10.3. The van der Waals surface area contributed by atoms with Gasteiger partial charge in [0.1, 0.15) is 11.6 Å². The number of aliphatic imine (C=N–C) groups is 1. The van der Waals surface area contributed by atoms with E-state index in [-0.39, 0.29) is 12.1 Å². The van der Waals surface area contributed by atoms with Gasteiger partial charge in [0, 0.05) is 38.4 Å². The lowest BCUT2D eigenvalue weighted by molar-refractivity contribution is -0.138. The fourth-order valence-corrected chi connectivity index (χ4v) is 3.24. The van der Waals surface area contributed by atoms with Crippen molar-refractivity contribution in [1.82, 2.24) is 20.2 Å². The molecular weight excluding hydrogens is 422 g/mol. The van der Waals surface area contributed by atoms with E-state index in [4.69, 9.17) is 0 Å². The second-order valence-electron chi connectivity index (χ2n) is 7.13. The third kappa shape index (κ3) is 6.57. The zero-order valence-electron chi connectivity index (χ0n) is 17.7. The van der Waals surface area contributed by atoms with E-state index >= 15 is 0 Å². The molecule has 0 aliphatic carbocycles. The van der Waals surface area contributed by atoms with Crippen LogP contribution in [0.15, 0.2) is 65.9 Å². The molecule has 1 heterocycles. The summed E-state index contributed by atoms with van der Waals surface area (Å²) < 4.78 is 54.9. The first-order chi connectivity index (χ1) is 15.4. The Morgan fingerprint density at radius 2 is 1.88 bits per heavy atom. The Hall–Kier alpha value is -3.36. The summed E-state index contributed by atoms with van der Waals surface area (Å²) in [6.45, 7) is 3.38. The zero-order valence-corrected chi connectivity index (χ0v) is 17.7. The van der Waals surface area contributed by atoms with Gasteiger partial charge in [0.05, 0.1) is 12.1 Å². The quantitative estimate of drug-likeness (QED) is 0.306. The van der Waals surface area contributed by atoms with Crippen LogP contribution in [-0.2, 0) is 25.7 Å². The van der Waals surface area contributed by atoms with Crippen LogP contribution in [0.2, 0.25) is 0 Å². The van der Waals surface area contributed by atoms with Gasteiger partial charge in [-0.1, -0.05) is 36.4 Å². The number of alkyl halides is 3. The molecule has 0 aliphatic rings. The Morgan fingerprint density at radius 1 is 1.09 bits per heavy atom. The lowest BCUT2D eigenvalue weighted by Crippen LogP contribution is -2.38. The molecule has 0 saturated carbocycles. The standard InChI is InChI=1S/C23H25F4N5/c1-2-28-22(31-15-18-8-9-19(24)14-20(18)23(25,26)27)30-11-10-21-29-12-13-32(21)16-17-6-4-3-5-7-17/h3-9,12-14H,2,10-11,15-16H2,1H3,(H2,28,30,31). The number of benzene rings is 2. The second-order valence-corrected chi connectivity index (χ2v) is 7.13. The van der Waals surface area contributed by atoms with Crippen molar-refractivity contribution >= 4 is 5.96 Å². The van der Waals surface area contributed by atoms with Gasteiger partial charge in [0.2, 0.25) is 0 Å². The van der Waals surface area contributed by atoms with Crippen molar-refractivity contribution < 1.29 is 17.6 Å². The number of hydrogen-bond donors (Lipinski definition) is 2. The number of halogens is 4. The first kappa shape index (κ1) is 23.3. The fraction of sp³-hybridized carbons (Fsp3) is 0.304. The largest absolute Gasteiger partial charge is 0.416 e. The van der Waals surface area contributed by atoms with Crippen molar-refractivity contribution in [2.24, 2.45) is 4.99 Å². The summed E-state index contributed by atoms with van der Waals surface area (Å²) >= 11 is 0. The molecule has 0 spiro atoms. The molecule has 2 aromatic carbocycles. The molecule has 170 valence electrons. The third-order valence-electron chi connectivity index (χ3n) is 4.77. The minimum atomic E-state index is -4.64. The van der Waals surface area contributed by atoms with Crippen LogP contribution >= 0.6 is 0 Å². The highest BCUT2D eigenvalue weighted by Gasteiger charge is 2.33. The summed E-state index contributed by atoms with van der Waals surface area (Å²) in [4.78, 5) is 8.64. The van der Waals surface area contributed by atoms with Crippen LogP contribution in [0.4, 0.5) is 17.6 Å². The second kappa shape index (κ2) is 10.8. The Morgan fingerprint density at radius 3 is 2.59 bits per heavy atom. The topological polar surface area (TPSA) is 54.2 Å². The Bertz CT molecular complexity index is 1030. The summed E-state index contributed by atoms with van der Waals surface area (Å²) in [6.07, 6.45) is -0.386. The first-order valence-corrected chi connectivity index (χ1v) is 10.3. The van der Waals surface area contributed by atoms with E-state index in [9.17, 15) is 17.6 Å². The number of nitrogens with zero attached hydrogens (tertiary/aromatic N) is 3. The molecule has 1 aromatic heterocycles. The molecule has 0 fully saturated rings. The molecular formula is C23H25F4N5. The molecule has 0 amide bonds. The van der Waals surface area contributed by atoms with Crippen LogP contribution in [0.5, 0.6) is 0 Å². The van der Waals surface area contributed by atoms with Crippen molar-refractivity contribution in [2.45, 2.75) is 32.6 Å². The molecule has 0 bridgehead atoms. The van der Waals surface area contributed by atoms with Gasteiger partial charge in [0.25, 0.3) is 0 Å². The minimum absolute atomic E-state index is 0.0884. The molecule has 0 saturated heterocycles. The Kier molecular flexibility index (Phi) is 7.86. The van der Waals surface area contributed by atoms with Gasteiger partial charge in [-0.15, -0.1) is 0 Å². The molecule has 9 heteroatoms. The highest BCUT2D eigenvalue weighted by Crippen LogP contribution is 2.32. The van der Waals surface area contributed by atoms with Crippen molar-refractivity contribution in [1.29, 1.82) is 0 Å². The molecule has 0 radical (unpaired) electrons. The number of guanidine groups is 1. The van der Waals surface area contributed by atoms with Gasteiger partial charge in [-0.2, -0.15) is 13.2 Å². The van der Waals surface area contributed by atoms with Crippen LogP contribution in [0.25, 0.3) is 0 Å². The SMILES string of the molecule is CCNC(=NCc1ccc(F)cc1C(F)(F)F)NCCc1nccn1Cc1ccccc1. The predicted molar refractivity (Wildman–Crippen MR) is 116 cm³/mol. The van der Waals surface area contributed by atoms with Gasteiger partial charge in [-0.3, -0.25) is 0 Å². The Labute approximate surface area is 184 Å². The highest BCUT2D eigenvalue weighted by molar-refractivity contribution is 5.79. The van der Waals surface area contributed by atoms with E-state index in [2.05, 4.69) is 25.2 Å². The van der Waals surface area contributed by atoms with Crippen LogP contribution in [0.1, 0.15) is 29.4 Å². The highest BCUT2D eigenvalue weighted by atomic mass is 19.4. The van der Waals surface area contributed by atoms with E-state index in [0.717, 1.165) is 23.5 Å². The smallest absolute Gasteiger partial charge is 0.357 e. The molecule has 0 atom stereocenters. The molecule has 3 rings (SSSR count). The average molecular weight is 447 g/mol. The molecule has 3 aromatic rings. The van der Waals surface area contributed by atoms with Crippen molar-refractivity contribution in [2.75, 3.05) is 13.1 Å². The van der Waals surface area contributed by atoms with Gasteiger partial charge in [-0.25, -0.2) is 14.4 Å². The Balaban J connectivity index is 1.63. The van der Waals surface area contributed by atoms with E-state index < -0.39 is 17.6 Å². The number of nitrogens with one attached hydrogen (secondary N) is 2. The van der Waals surface area contributed by atoms with Crippen LogP contribution < -0.4 is 10.6 Å². The van der Waals surface area contributed by atoms with Crippen LogP contribution in [-0.4, -0.2) is 28.6 Å². The molecule has 2 N–H and O–H groups in total. The molecule has 0 unspecified atom stereocenters. The summed E-state index contributed by atoms with van der Waals surface area (Å²) in [5.41, 5.74) is 0.0592. The van der Waals surface area contributed by atoms with Crippen LogP contribution in [0, 0.1) is 5.82 Å². The lowest BCUT2D eigenvalue weighted by Gasteiger charge is -2.14. The predicted octanol–water partition coefficient (Wildman–Crippen LogP) is 4.39. The fourth-order valence-electron chi connectivity index (χ4n) is 3.24. The van der Waals surface area contributed by atoms with Crippen molar-refractivity contribution in [3.63, 3.8) is 0 Å². The number of rotatable bonds is 8. The minimum Gasteiger partial charge on any atom is -0.357 e.